The van der Waals surface area contributed by atoms with E-state index in [1.165, 1.54) is 41.1 Å². The summed E-state index contributed by atoms with van der Waals surface area (Å²) >= 11 is 5.78. The van der Waals surface area contributed by atoms with Gasteiger partial charge in [0.2, 0.25) is 5.88 Å². The van der Waals surface area contributed by atoms with E-state index in [-0.39, 0.29) is 34.0 Å². The van der Waals surface area contributed by atoms with Crippen molar-refractivity contribution < 1.29 is 14.3 Å². The highest BCUT2D eigenvalue weighted by Crippen LogP contribution is 2.23. The van der Waals surface area contributed by atoms with Gasteiger partial charge in [-0.15, -0.1) is 0 Å². The molecule has 4 N–H and O–H groups in total. The maximum Gasteiger partial charge on any atom is 0.326 e. The monoisotopic (exact) mass is 455 g/mol. The number of aromatic nitrogens is 5. The Labute approximate surface area is 183 Å². The lowest BCUT2D eigenvalue weighted by molar-refractivity contribution is 0.102. The van der Waals surface area contributed by atoms with Crippen LogP contribution in [0.1, 0.15) is 28.9 Å². The molecule has 1 aliphatic rings. The summed E-state index contributed by atoms with van der Waals surface area (Å²) in [5.74, 6) is -1.76. The minimum atomic E-state index is -0.833. The fraction of sp³-hybridized carbons (Fsp3) is 0.150. The number of halogens is 2. The molecular formula is C20H15ClFN7O3. The van der Waals surface area contributed by atoms with Gasteiger partial charge in [-0.05, 0) is 31.1 Å². The molecule has 3 aromatic heterocycles. The number of fused-ring (bicyclic) bond motifs is 1. The highest BCUT2D eigenvalue weighted by Gasteiger charge is 2.21. The first-order valence-electron chi connectivity index (χ1n) is 9.60. The second-order valence-corrected chi connectivity index (χ2v) is 7.64. The fourth-order valence-electron chi connectivity index (χ4n) is 3.12. The zero-order valence-electron chi connectivity index (χ0n) is 16.3. The Morgan fingerprint density at radius 1 is 1.38 bits per heavy atom. The number of amides is 1. The Kier molecular flexibility index (Phi) is 4.74. The lowest BCUT2D eigenvalue weighted by Gasteiger charge is -2.07. The average molecular weight is 456 g/mol. The summed E-state index contributed by atoms with van der Waals surface area (Å²) < 4.78 is 15.7. The fourth-order valence-corrected chi connectivity index (χ4v) is 3.30. The Morgan fingerprint density at radius 2 is 2.19 bits per heavy atom. The number of nitrogens with one attached hydrogen (secondary N) is 3. The van der Waals surface area contributed by atoms with Crippen LogP contribution in [0.25, 0.3) is 11.7 Å². The summed E-state index contributed by atoms with van der Waals surface area (Å²) in [7, 11) is 0. The second-order valence-electron chi connectivity index (χ2n) is 7.24. The van der Waals surface area contributed by atoms with Gasteiger partial charge in [0.25, 0.3) is 5.91 Å². The van der Waals surface area contributed by atoms with Crippen LogP contribution in [0.3, 0.4) is 0 Å². The van der Waals surface area contributed by atoms with Crippen LogP contribution in [0.15, 0.2) is 40.2 Å². The molecular weight excluding hydrogens is 441 g/mol. The molecule has 12 heteroatoms. The van der Waals surface area contributed by atoms with Crippen molar-refractivity contribution in [1.82, 2.24) is 24.6 Å². The van der Waals surface area contributed by atoms with Crippen LogP contribution < -0.4 is 21.7 Å². The summed E-state index contributed by atoms with van der Waals surface area (Å²) in [6.45, 7) is 0. The van der Waals surface area contributed by atoms with Gasteiger partial charge in [0.1, 0.15) is 11.5 Å². The van der Waals surface area contributed by atoms with Crippen molar-refractivity contribution in [3.05, 3.63) is 73.8 Å². The van der Waals surface area contributed by atoms with E-state index in [4.69, 9.17) is 11.6 Å². The molecule has 0 bridgehead atoms. The van der Waals surface area contributed by atoms with E-state index in [2.05, 4.69) is 30.4 Å². The third-order valence-electron chi connectivity index (χ3n) is 4.81. The van der Waals surface area contributed by atoms with Gasteiger partial charge in [0, 0.05) is 11.3 Å². The van der Waals surface area contributed by atoms with Gasteiger partial charge < -0.3 is 15.4 Å². The van der Waals surface area contributed by atoms with Gasteiger partial charge in [-0.1, -0.05) is 17.7 Å². The number of carbonyl (C=O) groups is 1. The van der Waals surface area contributed by atoms with E-state index in [1.807, 2.05) is 0 Å². The largest absolute Gasteiger partial charge is 0.493 e. The Hall–Kier alpha value is -3.99. The van der Waals surface area contributed by atoms with Crippen LogP contribution in [-0.2, 0) is 0 Å². The van der Waals surface area contributed by atoms with Crippen LogP contribution in [0.4, 0.5) is 10.2 Å². The minimum absolute atomic E-state index is 0.128. The Morgan fingerprint density at radius 3 is 2.91 bits per heavy atom. The first kappa shape index (κ1) is 19.9. The zero-order valence-corrected chi connectivity index (χ0v) is 17.0. The zero-order chi connectivity index (χ0) is 22.4. The number of anilines is 1. The summed E-state index contributed by atoms with van der Waals surface area (Å²) in [6.07, 6.45) is 4.85. The van der Waals surface area contributed by atoms with Gasteiger partial charge >= 0.3 is 5.69 Å². The molecule has 162 valence electrons. The number of H-pyrrole nitrogens is 2. The number of imidazole rings is 1. The van der Waals surface area contributed by atoms with E-state index < -0.39 is 17.4 Å². The van der Waals surface area contributed by atoms with E-state index in [1.54, 1.807) is 0 Å². The Bertz CT molecular complexity index is 1550. The van der Waals surface area contributed by atoms with E-state index in [0.29, 0.717) is 16.4 Å². The molecule has 10 nitrogen and oxygen atoms in total. The maximum absolute atomic E-state index is 14.3. The van der Waals surface area contributed by atoms with Gasteiger partial charge in [-0.25, -0.2) is 14.2 Å². The van der Waals surface area contributed by atoms with Crippen LogP contribution in [-0.4, -0.2) is 41.6 Å². The molecule has 32 heavy (non-hydrogen) atoms. The van der Waals surface area contributed by atoms with Gasteiger partial charge in [-0.3, -0.25) is 14.8 Å². The van der Waals surface area contributed by atoms with Crippen molar-refractivity contribution in [2.45, 2.75) is 18.9 Å². The van der Waals surface area contributed by atoms with Crippen molar-refractivity contribution in [2.75, 3.05) is 5.32 Å². The van der Waals surface area contributed by atoms with Gasteiger partial charge in [-0.2, -0.15) is 9.61 Å². The highest BCUT2D eigenvalue weighted by molar-refractivity contribution is 6.31. The SMILES string of the molecule is O=C(Nc1cc(=NC2CC2)n2ncc(=Cc3[nH]c(=O)[nH]c3O)c2n1)c1cccc(Cl)c1F. The molecule has 1 fully saturated rings. The molecule has 3 heterocycles. The molecule has 0 saturated heterocycles. The predicted octanol–water partition coefficient (Wildman–Crippen LogP) is 1.11. The first-order valence-corrected chi connectivity index (χ1v) is 9.98. The normalized spacial score (nSPS) is 14.9. The second kappa shape index (κ2) is 7.61. The molecule has 1 saturated carbocycles. The summed E-state index contributed by atoms with van der Waals surface area (Å²) in [5.41, 5.74) is 0.109. The topological polar surface area (TPSA) is 141 Å². The van der Waals surface area contributed by atoms with Crippen LogP contribution >= 0.6 is 11.6 Å². The molecule has 1 amide bonds. The van der Waals surface area contributed by atoms with E-state index >= 15 is 0 Å². The number of hydrogen-bond donors (Lipinski definition) is 4. The predicted molar refractivity (Wildman–Crippen MR) is 113 cm³/mol. The lowest BCUT2D eigenvalue weighted by Crippen LogP contribution is -2.22. The number of hydrogen-bond acceptors (Lipinski definition) is 6. The standard InChI is InChI=1S/C20H15ClFN7O3/c21-12-3-1-2-11(16(12)22)18(30)27-14-7-15(24-10-4-5-10)29-17(26-14)9(8-23-29)6-13-19(31)28-20(32)25-13/h1-3,6-8,10,31H,4-5H2,(H,27,30)(H2,25,28,32). The summed E-state index contributed by atoms with van der Waals surface area (Å²) in [5, 5.41) is 17.0. The van der Waals surface area contributed by atoms with Gasteiger partial charge in [0.15, 0.2) is 17.0 Å². The molecule has 1 aliphatic carbocycles. The van der Waals surface area contributed by atoms with Crippen molar-refractivity contribution in [2.24, 2.45) is 4.99 Å². The molecule has 0 aliphatic heterocycles. The molecule has 0 unspecified atom stereocenters. The number of nitrogens with zero attached hydrogens (tertiary/aromatic N) is 4. The molecule has 0 atom stereocenters. The molecule has 4 aromatic rings. The number of carbonyl (C=O) groups excluding carboxylic acids is 1. The van der Waals surface area contributed by atoms with Crippen molar-refractivity contribution in [3.63, 3.8) is 0 Å². The average Bonchev–Trinajstić information content (AvgIpc) is 3.38. The number of rotatable bonds is 4. The summed E-state index contributed by atoms with van der Waals surface area (Å²) in [6, 6.07) is 5.82. The number of aromatic amines is 2. The van der Waals surface area contributed by atoms with Crippen LogP contribution in [0.2, 0.25) is 5.02 Å². The lowest BCUT2D eigenvalue weighted by atomic mass is 10.2. The molecule has 0 spiro atoms. The summed E-state index contributed by atoms with van der Waals surface area (Å²) in [4.78, 5) is 37.7. The van der Waals surface area contributed by atoms with Crippen molar-refractivity contribution >= 4 is 35.0 Å². The van der Waals surface area contributed by atoms with Crippen LogP contribution in [0, 0.1) is 5.82 Å². The van der Waals surface area contributed by atoms with Gasteiger partial charge in [0.05, 0.1) is 22.8 Å². The number of benzene rings is 1. The highest BCUT2D eigenvalue weighted by atomic mass is 35.5. The first-order chi connectivity index (χ1) is 15.4. The Balaban J connectivity index is 1.63. The smallest absolute Gasteiger partial charge is 0.326 e. The molecule has 0 radical (unpaired) electrons. The molecule has 5 rings (SSSR count). The maximum atomic E-state index is 14.3. The van der Waals surface area contributed by atoms with Crippen molar-refractivity contribution in [3.8, 4) is 5.88 Å². The van der Waals surface area contributed by atoms with Crippen LogP contribution in [0.5, 0.6) is 5.88 Å². The minimum Gasteiger partial charge on any atom is -0.493 e. The van der Waals surface area contributed by atoms with Crippen molar-refractivity contribution in [1.29, 1.82) is 0 Å². The van der Waals surface area contributed by atoms with E-state index in [9.17, 15) is 19.1 Å². The number of aromatic hydroxyl groups is 1. The third-order valence-corrected chi connectivity index (χ3v) is 5.11. The molecule has 1 aromatic carbocycles. The third kappa shape index (κ3) is 3.73. The quantitative estimate of drug-likeness (QED) is 0.365. The van der Waals surface area contributed by atoms with E-state index in [0.717, 1.165) is 12.8 Å².